The molecule has 2 rings (SSSR count). The van der Waals surface area contributed by atoms with Crippen LogP contribution in [0.3, 0.4) is 0 Å². The van der Waals surface area contributed by atoms with Crippen molar-refractivity contribution in [1.82, 2.24) is 10.6 Å². The fourth-order valence-electron chi connectivity index (χ4n) is 1.22. The van der Waals surface area contributed by atoms with E-state index in [1.54, 1.807) is 0 Å². The highest BCUT2D eigenvalue weighted by Crippen LogP contribution is 2.04. The van der Waals surface area contributed by atoms with Crippen molar-refractivity contribution in [3.8, 4) is 0 Å². The van der Waals surface area contributed by atoms with Gasteiger partial charge >= 0.3 is 0 Å². The molecule has 0 unspecified atom stereocenters. The lowest BCUT2D eigenvalue weighted by Crippen LogP contribution is -2.49. The Bertz CT molecular complexity index is 82.4. The van der Waals surface area contributed by atoms with E-state index in [4.69, 9.17) is 4.74 Å². The molecule has 2 N–H and O–H groups in total. The third-order valence-electron chi connectivity index (χ3n) is 1.64. The first kappa shape index (κ1) is 4.73. The maximum atomic E-state index is 5.30. The summed E-state index contributed by atoms with van der Waals surface area (Å²) in [5, 5.41) is 6.56. The first-order valence-corrected chi connectivity index (χ1v) is 3.03. The summed E-state index contributed by atoms with van der Waals surface area (Å²) in [4.78, 5) is 0. The van der Waals surface area contributed by atoms with Gasteiger partial charge < -0.3 is 10.1 Å². The molecule has 2 saturated heterocycles. The fraction of sp³-hybridized carbons (Fsp3) is 1.00. The third kappa shape index (κ3) is 0.632. The molecule has 0 radical (unpaired) electrons. The van der Waals surface area contributed by atoms with Gasteiger partial charge in [0.25, 0.3) is 0 Å². The van der Waals surface area contributed by atoms with Crippen molar-refractivity contribution in [2.45, 2.75) is 12.3 Å². The number of fused-ring (bicyclic) bond motifs is 2. The Balaban J connectivity index is 2.03. The van der Waals surface area contributed by atoms with Crippen molar-refractivity contribution < 1.29 is 4.74 Å². The number of rotatable bonds is 0. The standard InChI is InChI=1S/C5H10N2O/c1-4-3-8-5(7-4)2-6-1/h4-7H,1-3H2/t4-,5-/m0/s1. The minimum atomic E-state index is 0.300. The van der Waals surface area contributed by atoms with Crippen LogP contribution in [0, 0.1) is 0 Å². The van der Waals surface area contributed by atoms with Crippen LogP contribution in [0.2, 0.25) is 0 Å². The van der Waals surface area contributed by atoms with Crippen LogP contribution in [-0.2, 0) is 4.74 Å². The van der Waals surface area contributed by atoms with Crippen molar-refractivity contribution in [2.24, 2.45) is 0 Å². The van der Waals surface area contributed by atoms with E-state index in [2.05, 4.69) is 10.6 Å². The van der Waals surface area contributed by atoms with E-state index in [1.165, 1.54) is 0 Å². The number of piperazine rings is 1. The molecule has 2 heterocycles. The van der Waals surface area contributed by atoms with E-state index >= 15 is 0 Å². The molecule has 0 aliphatic carbocycles. The minimum Gasteiger partial charge on any atom is -0.360 e. The Morgan fingerprint density at radius 2 is 2.38 bits per heavy atom. The quantitative estimate of drug-likeness (QED) is 0.419. The molecule has 3 heteroatoms. The van der Waals surface area contributed by atoms with Crippen molar-refractivity contribution in [2.75, 3.05) is 19.7 Å². The van der Waals surface area contributed by atoms with Crippen LogP contribution in [0.15, 0.2) is 0 Å². The normalized spacial score (nSPS) is 45.0. The number of hydrogen-bond acceptors (Lipinski definition) is 3. The zero-order valence-electron chi connectivity index (χ0n) is 4.68. The van der Waals surface area contributed by atoms with Crippen molar-refractivity contribution >= 4 is 0 Å². The Kier molecular flexibility index (Phi) is 0.997. The first-order valence-electron chi connectivity index (χ1n) is 3.03. The third-order valence-corrected chi connectivity index (χ3v) is 1.64. The van der Waals surface area contributed by atoms with Crippen molar-refractivity contribution in [3.05, 3.63) is 0 Å². The Morgan fingerprint density at radius 3 is 3.12 bits per heavy atom. The second-order valence-electron chi connectivity index (χ2n) is 2.34. The van der Waals surface area contributed by atoms with Crippen LogP contribution < -0.4 is 10.6 Å². The van der Waals surface area contributed by atoms with Gasteiger partial charge in [-0.25, -0.2) is 0 Å². The summed E-state index contributed by atoms with van der Waals surface area (Å²) in [6.45, 7) is 2.92. The number of hydrogen-bond donors (Lipinski definition) is 2. The number of nitrogens with one attached hydrogen (secondary N) is 2. The average Bonchev–Trinajstić information content (AvgIpc) is 2.12. The SMILES string of the molecule is C1NC[C@H]2N[C@@H]1CO2. The highest BCUT2D eigenvalue weighted by molar-refractivity contribution is 4.83. The average molecular weight is 114 g/mol. The van der Waals surface area contributed by atoms with E-state index in [9.17, 15) is 0 Å². The maximum Gasteiger partial charge on any atom is 0.121 e. The van der Waals surface area contributed by atoms with Crippen molar-refractivity contribution in [3.63, 3.8) is 0 Å². The maximum absolute atomic E-state index is 5.30. The van der Waals surface area contributed by atoms with Gasteiger partial charge in [-0.3, -0.25) is 5.32 Å². The van der Waals surface area contributed by atoms with Gasteiger partial charge in [0.1, 0.15) is 6.23 Å². The fourth-order valence-corrected chi connectivity index (χ4v) is 1.22. The predicted molar refractivity (Wildman–Crippen MR) is 29.5 cm³/mol. The lowest BCUT2D eigenvalue weighted by molar-refractivity contribution is 0.105. The molecule has 0 spiro atoms. The van der Waals surface area contributed by atoms with Crippen LogP contribution in [0.4, 0.5) is 0 Å². The molecule has 2 atom stereocenters. The van der Waals surface area contributed by atoms with Gasteiger partial charge in [0, 0.05) is 19.1 Å². The van der Waals surface area contributed by atoms with E-state index < -0.39 is 0 Å². The van der Waals surface area contributed by atoms with Crippen LogP contribution in [-0.4, -0.2) is 32.0 Å². The lowest BCUT2D eigenvalue weighted by Gasteiger charge is -2.18. The minimum absolute atomic E-state index is 0.300. The van der Waals surface area contributed by atoms with Crippen LogP contribution >= 0.6 is 0 Å². The van der Waals surface area contributed by atoms with E-state index in [0.29, 0.717) is 12.3 Å². The van der Waals surface area contributed by atoms with Gasteiger partial charge in [-0.05, 0) is 0 Å². The van der Waals surface area contributed by atoms with E-state index in [0.717, 1.165) is 19.7 Å². The summed E-state index contributed by atoms with van der Waals surface area (Å²) in [5.41, 5.74) is 0. The molecule has 2 aliphatic rings. The van der Waals surface area contributed by atoms with Gasteiger partial charge in [-0.1, -0.05) is 0 Å². The topological polar surface area (TPSA) is 33.3 Å². The highest BCUT2D eigenvalue weighted by Gasteiger charge is 2.27. The zero-order valence-corrected chi connectivity index (χ0v) is 4.68. The Labute approximate surface area is 48.4 Å². The summed E-state index contributed by atoms with van der Waals surface area (Å²) in [7, 11) is 0. The summed E-state index contributed by atoms with van der Waals surface area (Å²) in [6.07, 6.45) is 0.300. The van der Waals surface area contributed by atoms with Crippen molar-refractivity contribution in [1.29, 1.82) is 0 Å². The largest absolute Gasteiger partial charge is 0.360 e. The first-order chi connectivity index (χ1) is 3.95. The lowest BCUT2D eigenvalue weighted by atomic mass is 10.3. The predicted octanol–water partition coefficient (Wildman–Crippen LogP) is -1.10. The van der Waals surface area contributed by atoms with Crippen LogP contribution in [0.1, 0.15) is 0 Å². The molecule has 2 aliphatic heterocycles. The Morgan fingerprint density at radius 1 is 1.38 bits per heavy atom. The molecule has 8 heavy (non-hydrogen) atoms. The van der Waals surface area contributed by atoms with Gasteiger partial charge in [0.05, 0.1) is 6.61 Å². The van der Waals surface area contributed by atoms with Crippen LogP contribution in [0.25, 0.3) is 0 Å². The summed E-state index contributed by atoms with van der Waals surface area (Å²) >= 11 is 0. The van der Waals surface area contributed by atoms with E-state index in [1.807, 2.05) is 0 Å². The second-order valence-corrected chi connectivity index (χ2v) is 2.34. The highest BCUT2D eigenvalue weighted by atomic mass is 16.5. The number of ether oxygens (including phenoxy) is 1. The summed E-state index contributed by atoms with van der Waals surface area (Å²) < 4.78 is 5.30. The molecule has 0 aromatic carbocycles. The van der Waals surface area contributed by atoms with Gasteiger partial charge in [0.2, 0.25) is 0 Å². The summed E-state index contributed by atoms with van der Waals surface area (Å²) in [6, 6.07) is 0.578. The molecule has 0 amide bonds. The molecule has 0 aromatic rings. The zero-order chi connectivity index (χ0) is 5.40. The summed E-state index contributed by atoms with van der Waals surface area (Å²) in [5.74, 6) is 0. The van der Waals surface area contributed by atoms with Crippen LogP contribution in [0.5, 0.6) is 0 Å². The Hall–Kier alpha value is -0.120. The second kappa shape index (κ2) is 1.69. The molecule has 0 aromatic heterocycles. The smallest absolute Gasteiger partial charge is 0.121 e. The van der Waals surface area contributed by atoms with Gasteiger partial charge in [-0.15, -0.1) is 0 Å². The molecule has 2 bridgehead atoms. The molecular formula is C5H10N2O. The monoisotopic (exact) mass is 114 g/mol. The van der Waals surface area contributed by atoms with E-state index in [-0.39, 0.29) is 0 Å². The van der Waals surface area contributed by atoms with Gasteiger partial charge in [-0.2, -0.15) is 0 Å². The van der Waals surface area contributed by atoms with Gasteiger partial charge in [0.15, 0.2) is 0 Å². The molecule has 46 valence electrons. The molecular weight excluding hydrogens is 104 g/mol. The molecule has 2 fully saturated rings. The molecule has 3 nitrogen and oxygen atoms in total. The molecule has 0 saturated carbocycles.